The van der Waals surface area contributed by atoms with Gasteiger partial charge in [-0.25, -0.2) is 4.98 Å². The van der Waals surface area contributed by atoms with Crippen LogP contribution in [-0.4, -0.2) is 38.4 Å². The molecule has 1 saturated heterocycles. The fourth-order valence-corrected chi connectivity index (χ4v) is 3.87. The number of rotatable bonds is 4. The average Bonchev–Trinajstić information content (AvgIpc) is 3.16. The van der Waals surface area contributed by atoms with Gasteiger partial charge in [0.1, 0.15) is 5.82 Å². The zero-order valence-corrected chi connectivity index (χ0v) is 15.7. The molecule has 1 aliphatic heterocycles. The third-order valence-electron chi connectivity index (χ3n) is 5.00. The molecule has 0 bridgehead atoms. The second-order valence-corrected chi connectivity index (χ2v) is 7.31. The van der Waals surface area contributed by atoms with E-state index in [-0.39, 0.29) is 11.8 Å². The molecule has 3 heterocycles. The van der Waals surface area contributed by atoms with Crippen LogP contribution in [0.25, 0.3) is 0 Å². The van der Waals surface area contributed by atoms with Crippen molar-refractivity contribution in [2.24, 2.45) is 0 Å². The normalized spacial score (nSPS) is 17.1. The van der Waals surface area contributed by atoms with Gasteiger partial charge in [-0.1, -0.05) is 17.7 Å². The van der Waals surface area contributed by atoms with Gasteiger partial charge in [-0.3, -0.25) is 9.78 Å². The molecule has 138 valence electrons. The number of nitrogens with zero attached hydrogens (tertiary/aromatic N) is 4. The lowest BCUT2D eigenvalue weighted by molar-refractivity contribution is 0.0703. The molecule has 0 radical (unpaired) electrons. The van der Waals surface area contributed by atoms with Crippen LogP contribution in [0.1, 0.15) is 40.5 Å². The smallest absolute Gasteiger partial charge is 0.253 e. The molecule has 0 unspecified atom stereocenters. The van der Waals surface area contributed by atoms with Crippen molar-refractivity contribution < 1.29 is 4.79 Å². The van der Waals surface area contributed by atoms with Gasteiger partial charge in [0.2, 0.25) is 0 Å². The van der Waals surface area contributed by atoms with Gasteiger partial charge in [-0.2, -0.15) is 0 Å². The van der Waals surface area contributed by atoms with Crippen molar-refractivity contribution in [1.29, 1.82) is 0 Å². The minimum atomic E-state index is 0.0365. The number of halogens is 1. The standard InChI is InChI=1S/C21H21ClN4O/c22-19-5-1-3-17(13-19)21(27)26-11-2-4-18(15-26)20-24-10-12-25(20)14-16-6-8-23-9-7-16/h1,3,5-10,12-13,18H,2,4,11,14-15H2/t18-/m1/s1. The predicted octanol–water partition coefficient (Wildman–Crippen LogP) is 4.00. The highest BCUT2D eigenvalue weighted by Gasteiger charge is 2.28. The summed E-state index contributed by atoms with van der Waals surface area (Å²) < 4.78 is 2.17. The molecule has 27 heavy (non-hydrogen) atoms. The van der Waals surface area contributed by atoms with Crippen molar-refractivity contribution in [2.75, 3.05) is 13.1 Å². The minimum Gasteiger partial charge on any atom is -0.338 e. The molecule has 1 atom stereocenters. The molecule has 0 aliphatic carbocycles. The van der Waals surface area contributed by atoms with Gasteiger partial charge >= 0.3 is 0 Å². The van der Waals surface area contributed by atoms with Crippen LogP contribution in [0.15, 0.2) is 61.2 Å². The van der Waals surface area contributed by atoms with Crippen molar-refractivity contribution in [2.45, 2.75) is 25.3 Å². The van der Waals surface area contributed by atoms with E-state index >= 15 is 0 Å². The van der Waals surface area contributed by atoms with Gasteiger partial charge in [-0.05, 0) is 48.7 Å². The van der Waals surface area contributed by atoms with Crippen LogP contribution < -0.4 is 0 Å². The molecular formula is C21H21ClN4O. The molecule has 1 aliphatic rings. The van der Waals surface area contributed by atoms with E-state index in [1.165, 1.54) is 5.56 Å². The van der Waals surface area contributed by atoms with Gasteiger partial charge in [0.05, 0.1) is 0 Å². The lowest BCUT2D eigenvalue weighted by Crippen LogP contribution is -2.39. The first-order valence-electron chi connectivity index (χ1n) is 9.15. The second-order valence-electron chi connectivity index (χ2n) is 6.87. The largest absolute Gasteiger partial charge is 0.338 e. The van der Waals surface area contributed by atoms with E-state index in [9.17, 15) is 4.79 Å². The van der Waals surface area contributed by atoms with Gasteiger partial charge in [0, 0.05) is 60.9 Å². The Morgan fingerprint density at radius 2 is 2.04 bits per heavy atom. The van der Waals surface area contributed by atoms with Crippen molar-refractivity contribution in [1.82, 2.24) is 19.4 Å². The van der Waals surface area contributed by atoms with Gasteiger partial charge in [0.15, 0.2) is 0 Å². The zero-order valence-electron chi connectivity index (χ0n) is 15.0. The molecule has 6 heteroatoms. The number of carbonyl (C=O) groups is 1. The average molecular weight is 381 g/mol. The first kappa shape index (κ1) is 17.7. The predicted molar refractivity (Wildman–Crippen MR) is 105 cm³/mol. The van der Waals surface area contributed by atoms with Crippen LogP contribution in [0.5, 0.6) is 0 Å². The van der Waals surface area contributed by atoms with Gasteiger partial charge in [0.25, 0.3) is 5.91 Å². The summed E-state index contributed by atoms with van der Waals surface area (Å²) in [7, 11) is 0. The number of imidazole rings is 1. The quantitative estimate of drug-likeness (QED) is 0.687. The molecule has 1 aromatic carbocycles. The fourth-order valence-electron chi connectivity index (χ4n) is 3.68. The number of aromatic nitrogens is 3. The summed E-state index contributed by atoms with van der Waals surface area (Å²) in [6, 6.07) is 11.2. The highest BCUT2D eigenvalue weighted by atomic mass is 35.5. The summed E-state index contributed by atoms with van der Waals surface area (Å²) in [5.41, 5.74) is 1.83. The SMILES string of the molecule is O=C(c1cccc(Cl)c1)N1CCC[C@@H](c2nccn2Cc2ccncc2)C1. The van der Waals surface area contributed by atoms with Crippen molar-refractivity contribution >= 4 is 17.5 Å². The molecule has 1 amide bonds. The third-order valence-corrected chi connectivity index (χ3v) is 5.23. The monoisotopic (exact) mass is 380 g/mol. The van der Waals surface area contributed by atoms with E-state index in [4.69, 9.17) is 11.6 Å². The number of likely N-dealkylation sites (tertiary alicyclic amines) is 1. The Balaban J connectivity index is 1.51. The number of hydrogen-bond donors (Lipinski definition) is 0. The number of amides is 1. The van der Waals surface area contributed by atoms with Gasteiger partial charge in [-0.15, -0.1) is 0 Å². The maximum absolute atomic E-state index is 12.9. The van der Waals surface area contributed by atoms with Crippen molar-refractivity contribution in [3.63, 3.8) is 0 Å². The highest BCUT2D eigenvalue weighted by molar-refractivity contribution is 6.30. The molecule has 5 nitrogen and oxygen atoms in total. The van der Waals surface area contributed by atoms with Crippen LogP contribution >= 0.6 is 11.6 Å². The van der Waals surface area contributed by atoms with Crippen LogP contribution in [0.4, 0.5) is 0 Å². The van der Waals surface area contributed by atoms with E-state index in [0.29, 0.717) is 17.1 Å². The molecule has 1 fully saturated rings. The summed E-state index contributed by atoms with van der Waals surface area (Å²) in [5.74, 6) is 1.31. The van der Waals surface area contributed by atoms with Crippen LogP contribution in [0.2, 0.25) is 5.02 Å². The summed E-state index contributed by atoms with van der Waals surface area (Å²) in [6.45, 7) is 2.21. The Hall–Kier alpha value is -2.66. The molecule has 4 rings (SSSR count). The first-order chi connectivity index (χ1) is 13.2. The number of pyridine rings is 1. The highest BCUT2D eigenvalue weighted by Crippen LogP contribution is 2.27. The lowest BCUT2D eigenvalue weighted by atomic mass is 9.96. The van der Waals surface area contributed by atoms with E-state index in [0.717, 1.165) is 31.8 Å². The van der Waals surface area contributed by atoms with Crippen LogP contribution in [0.3, 0.4) is 0 Å². The second kappa shape index (κ2) is 7.92. The van der Waals surface area contributed by atoms with Gasteiger partial charge < -0.3 is 9.47 Å². The molecule has 0 saturated carbocycles. The van der Waals surface area contributed by atoms with E-state index in [1.807, 2.05) is 41.6 Å². The van der Waals surface area contributed by atoms with E-state index < -0.39 is 0 Å². The molecule has 0 N–H and O–H groups in total. The summed E-state index contributed by atoms with van der Waals surface area (Å²) >= 11 is 6.05. The van der Waals surface area contributed by atoms with E-state index in [1.54, 1.807) is 24.5 Å². The molecule has 3 aromatic rings. The van der Waals surface area contributed by atoms with Crippen molar-refractivity contribution in [3.05, 3.63) is 83.2 Å². The first-order valence-corrected chi connectivity index (χ1v) is 9.53. The maximum atomic E-state index is 12.9. The maximum Gasteiger partial charge on any atom is 0.253 e. The number of carbonyl (C=O) groups excluding carboxylic acids is 1. The number of piperidine rings is 1. The third kappa shape index (κ3) is 4.03. The van der Waals surface area contributed by atoms with E-state index in [2.05, 4.69) is 14.5 Å². The minimum absolute atomic E-state index is 0.0365. The van der Waals surface area contributed by atoms with Crippen molar-refractivity contribution in [3.8, 4) is 0 Å². The van der Waals surface area contributed by atoms with Crippen LogP contribution in [0, 0.1) is 0 Å². The lowest BCUT2D eigenvalue weighted by Gasteiger charge is -2.33. The number of hydrogen-bond acceptors (Lipinski definition) is 3. The Morgan fingerprint density at radius 1 is 1.19 bits per heavy atom. The Labute approximate surface area is 163 Å². The Bertz CT molecular complexity index is 925. The molecular weight excluding hydrogens is 360 g/mol. The van der Waals surface area contributed by atoms with Crippen LogP contribution in [-0.2, 0) is 6.54 Å². The molecule has 2 aromatic heterocycles. The Kier molecular flexibility index (Phi) is 5.21. The topological polar surface area (TPSA) is 51.0 Å². The summed E-state index contributed by atoms with van der Waals surface area (Å²) in [5, 5.41) is 0.585. The fraction of sp³-hybridized carbons (Fsp3) is 0.286. The zero-order chi connectivity index (χ0) is 18.6. The molecule has 0 spiro atoms. The number of benzene rings is 1. The summed E-state index contributed by atoms with van der Waals surface area (Å²) in [4.78, 5) is 23.5. The summed E-state index contributed by atoms with van der Waals surface area (Å²) in [6.07, 6.45) is 9.46. The Morgan fingerprint density at radius 3 is 2.85 bits per heavy atom.